The van der Waals surface area contributed by atoms with Gasteiger partial charge in [0, 0.05) is 19.5 Å². The number of aromatic amines is 1. The first kappa shape index (κ1) is 16.4. The summed E-state index contributed by atoms with van der Waals surface area (Å²) in [5, 5.41) is 9.44. The standard InChI is InChI=1S/C14H20N4O3S2/c1-2-23(20,21)17-7-5-11(6-8-17)10-12-15-16-14(19)18(12)13-4-3-9-22-13/h3-4,9,11H,2,5-8,10H2,1H3,(H,16,19). The largest absolute Gasteiger partial charge is 0.348 e. The number of nitrogens with one attached hydrogen (secondary N) is 1. The van der Waals surface area contributed by atoms with Crippen LogP contribution >= 0.6 is 11.3 Å². The van der Waals surface area contributed by atoms with Crippen molar-refractivity contribution < 1.29 is 8.42 Å². The van der Waals surface area contributed by atoms with Crippen molar-refractivity contribution in [2.24, 2.45) is 5.92 Å². The summed E-state index contributed by atoms with van der Waals surface area (Å²) in [5.74, 6) is 1.20. The summed E-state index contributed by atoms with van der Waals surface area (Å²) in [6, 6.07) is 3.79. The minimum atomic E-state index is -3.10. The highest BCUT2D eigenvalue weighted by Gasteiger charge is 2.28. The number of sulfonamides is 1. The van der Waals surface area contributed by atoms with Crippen molar-refractivity contribution >= 4 is 21.4 Å². The maximum Gasteiger partial charge on any atom is 0.348 e. The molecule has 2 aromatic heterocycles. The molecule has 2 aromatic rings. The van der Waals surface area contributed by atoms with Gasteiger partial charge < -0.3 is 0 Å². The van der Waals surface area contributed by atoms with E-state index in [0.29, 0.717) is 31.3 Å². The van der Waals surface area contributed by atoms with Gasteiger partial charge in [-0.1, -0.05) is 0 Å². The minimum Gasteiger partial charge on any atom is -0.246 e. The quantitative estimate of drug-likeness (QED) is 0.873. The Hall–Kier alpha value is -1.45. The van der Waals surface area contributed by atoms with Gasteiger partial charge in [-0.3, -0.25) is 0 Å². The van der Waals surface area contributed by atoms with Crippen LogP contribution < -0.4 is 5.69 Å². The number of thiophene rings is 1. The number of nitrogens with zero attached hydrogens (tertiary/aromatic N) is 3. The van der Waals surface area contributed by atoms with E-state index in [1.165, 1.54) is 11.3 Å². The first-order chi connectivity index (χ1) is 11.0. The zero-order chi connectivity index (χ0) is 16.4. The van der Waals surface area contributed by atoms with Crippen LogP contribution in [-0.4, -0.2) is 46.3 Å². The van der Waals surface area contributed by atoms with Gasteiger partial charge in [-0.05, 0) is 43.2 Å². The Morgan fingerprint density at radius 2 is 2.13 bits per heavy atom. The molecule has 0 aliphatic carbocycles. The molecule has 0 amide bonds. The second kappa shape index (κ2) is 6.58. The van der Waals surface area contributed by atoms with Crippen LogP contribution in [0.4, 0.5) is 0 Å². The highest BCUT2D eigenvalue weighted by Crippen LogP contribution is 2.24. The third kappa shape index (κ3) is 3.41. The molecule has 0 atom stereocenters. The first-order valence-corrected chi connectivity index (χ1v) is 10.2. The first-order valence-electron chi connectivity index (χ1n) is 7.69. The molecule has 0 bridgehead atoms. The number of hydrogen-bond acceptors (Lipinski definition) is 5. The Morgan fingerprint density at radius 1 is 1.39 bits per heavy atom. The van der Waals surface area contributed by atoms with Crippen LogP contribution in [-0.2, 0) is 16.4 Å². The molecule has 9 heteroatoms. The number of hydrogen-bond donors (Lipinski definition) is 1. The average Bonchev–Trinajstić information content (AvgIpc) is 3.18. The Labute approximate surface area is 139 Å². The fourth-order valence-corrected chi connectivity index (χ4v) is 4.80. The van der Waals surface area contributed by atoms with Crippen molar-refractivity contribution in [3.63, 3.8) is 0 Å². The van der Waals surface area contributed by atoms with E-state index in [2.05, 4.69) is 10.2 Å². The SMILES string of the molecule is CCS(=O)(=O)N1CCC(Cc2n[nH]c(=O)n2-c2cccs2)CC1. The smallest absolute Gasteiger partial charge is 0.246 e. The molecule has 7 nitrogen and oxygen atoms in total. The Bertz CT molecular complexity index is 799. The van der Waals surface area contributed by atoms with Gasteiger partial charge in [-0.25, -0.2) is 27.2 Å². The van der Waals surface area contributed by atoms with Crippen LogP contribution in [0.2, 0.25) is 0 Å². The van der Waals surface area contributed by atoms with Gasteiger partial charge in [0.2, 0.25) is 10.0 Å². The second-order valence-electron chi connectivity index (χ2n) is 5.68. The monoisotopic (exact) mass is 356 g/mol. The van der Waals surface area contributed by atoms with Crippen molar-refractivity contribution in [1.29, 1.82) is 0 Å². The maximum absolute atomic E-state index is 12.0. The summed E-state index contributed by atoms with van der Waals surface area (Å²) >= 11 is 1.49. The molecule has 0 aromatic carbocycles. The minimum absolute atomic E-state index is 0.148. The van der Waals surface area contributed by atoms with E-state index in [1.54, 1.807) is 15.8 Å². The summed E-state index contributed by atoms with van der Waals surface area (Å²) in [6.45, 7) is 2.77. The highest BCUT2D eigenvalue weighted by molar-refractivity contribution is 7.89. The molecule has 0 radical (unpaired) electrons. The molecule has 3 heterocycles. The van der Waals surface area contributed by atoms with Gasteiger partial charge in [0.15, 0.2) is 0 Å². The van der Waals surface area contributed by atoms with Crippen molar-refractivity contribution in [1.82, 2.24) is 19.1 Å². The zero-order valence-electron chi connectivity index (χ0n) is 12.9. The lowest BCUT2D eigenvalue weighted by Crippen LogP contribution is -2.39. The van der Waals surface area contributed by atoms with E-state index in [-0.39, 0.29) is 11.4 Å². The molecule has 0 spiro atoms. The van der Waals surface area contributed by atoms with Crippen molar-refractivity contribution in [3.05, 3.63) is 33.8 Å². The van der Waals surface area contributed by atoms with E-state index in [9.17, 15) is 13.2 Å². The summed E-state index contributed by atoms with van der Waals surface area (Å²) in [7, 11) is -3.10. The Morgan fingerprint density at radius 3 is 2.74 bits per heavy atom. The van der Waals surface area contributed by atoms with Crippen LogP contribution in [0.5, 0.6) is 0 Å². The lowest BCUT2D eigenvalue weighted by molar-refractivity contribution is 0.270. The number of H-pyrrole nitrogens is 1. The van der Waals surface area contributed by atoms with E-state index in [1.807, 2.05) is 17.5 Å². The van der Waals surface area contributed by atoms with Gasteiger partial charge in [-0.15, -0.1) is 11.3 Å². The van der Waals surface area contributed by atoms with Gasteiger partial charge in [0.25, 0.3) is 0 Å². The second-order valence-corrected chi connectivity index (χ2v) is 8.86. The summed E-state index contributed by atoms with van der Waals surface area (Å²) < 4.78 is 27.0. The van der Waals surface area contributed by atoms with E-state index in [4.69, 9.17) is 0 Å². The predicted molar refractivity (Wildman–Crippen MR) is 89.5 cm³/mol. The molecular weight excluding hydrogens is 336 g/mol. The molecule has 1 aliphatic rings. The molecule has 1 fully saturated rings. The summed E-state index contributed by atoms with van der Waals surface area (Å²) in [4.78, 5) is 12.0. The van der Waals surface area contributed by atoms with E-state index >= 15 is 0 Å². The fourth-order valence-electron chi connectivity index (χ4n) is 2.92. The van der Waals surface area contributed by atoms with Crippen molar-refractivity contribution in [3.8, 4) is 5.00 Å². The summed E-state index contributed by atoms with van der Waals surface area (Å²) in [6.07, 6.45) is 2.27. The molecule has 0 saturated carbocycles. The normalized spacial score (nSPS) is 17.6. The van der Waals surface area contributed by atoms with Crippen LogP contribution in [0.3, 0.4) is 0 Å². The molecule has 3 rings (SSSR count). The highest BCUT2D eigenvalue weighted by atomic mass is 32.2. The molecule has 23 heavy (non-hydrogen) atoms. The number of piperidine rings is 1. The van der Waals surface area contributed by atoms with Gasteiger partial charge in [0.1, 0.15) is 10.8 Å². The molecule has 1 aliphatic heterocycles. The average molecular weight is 356 g/mol. The molecule has 1 N–H and O–H groups in total. The van der Waals surface area contributed by atoms with Crippen LogP contribution in [0.25, 0.3) is 5.00 Å². The third-order valence-corrected chi connectivity index (χ3v) is 7.01. The fraction of sp³-hybridized carbons (Fsp3) is 0.571. The molecule has 1 saturated heterocycles. The Kier molecular flexibility index (Phi) is 4.69. The van der Waals surface area contributed by atoms with Gasteiger partial charge >= 0.3 is 5.69 Å². The maximum atomic E-state index is 12.0. The molecule has 126 valence electrons. The molecule has 0 unspecified atom stereocenters. The van der Waals surface area contributed by atoms with E-state index < -0.39 is 10.0 Å². The molecular formula is C14H20N4O3S2. The topological polar surface area (TPSA) is 88.1 Å². The lowest BCUT2D eigenvalue weighted by atomic mass is 9.94. The predicted octanol–water partition coefficient (Wildman–Crippen LogP) is 1.23. The number of rotatable bonds is 5. The van der Waals surface area contributed by atoms with Crippen LogP contribution in [0.15, 0.2) is 22.3 Å². The van der Waals surface area contributed by atoms with E-state index in [0.717, 1.165) is 17.8 Å². The van der Waals surface area contributed by atoms with Gasteiger partial charge in [-0.2, -0.15) is 5.10 Å². The third-order valence-electron chi connectivity index (χ3n) is 4.27. The van der Waals surface area contributed by atoms with Crippen molar-refractivity contribution in [2.75, 3.05) is 18.8 Å². The lowest BCUT2D eigenvalue weighted by Gasteiger charge is -2.30. The Balaban J connectivity index is 1.70. The van der Waals surface area contributed by atoms with Crippen LogP contribution in [0, 0.1) is 5.92 Å². The summed E-state index contributed by atoms with van der Waals surface area (Å²) in [5.41, 5.74) is -0.228. The van der Waals surface area contributed by atoms with Gasteiger partial charge in [0.05, 0.1) is 5.75 Å². The zero-order valence-corrected chi connectivity index (χ0v) is 14.6. The van der Waals surface area contributed by atoms with Crippen LogP contribution in [0.1, 0.15) is 25.6 Å². The van der Waals surface area contributed by atoms with Crippen molar-refractivity contribution in [2.45, 2.75) is 26.2 Å². The number of aromatic nitrogens is 3.